The van der Waals surface area contributed by atoms with E-state index in [0.29, 0.717) is 11.5 Å². The van der Waals surface area contributed by atoms with Gasteiger partial charge in [0.15, 0.2) is 0 Å². The lowest BCUT2D eigenvalue weighted by atomic mass is 9.58. The van der Waals surface area contributed by atoms with Crippen LogP contribution in [0.3, 0.4) is 0 Å². The van der Waals surface area contributed by atoms with Gasteiger partial charge in [0.2, 0.25) is 0 Å². The van der Waals surface area contributed by atoms with E-state index >= 15 is 0 Å². The summed E-state index contributed by atoms with van der Waals surface area (Å²) in [6, 6.07) is 7.19. The first kappa shape index (κ1) is 12.8. The Kier molecular flexibility index (Phi) is 2.85. The Morgan fingerprint density at radius 2 is 2.20 bits per heavy atom. The first-order valence-electron chi connectivity index (χ1n) is 6.71. The summed E-state index contributed by atoms with van der Waals surface area (Å²) < 4.78 is 1.93. The number of benzene rings is 1. The van der Waals surface area contributed by atoms with Crippen molar-refractivity contribution in [3.63, 3.8) is 0 Å². The van der Waals surface area contributed by atoms with Crippen LogP contribution in [0.15, 0.2) is 30.6 Å². The first-order valence-corrected chi connectivity index (χ1v) is 6.71. The number of rotatable bonds is 3. The second-order valence-corrected chi connectivity index (χ2v) is 5.75. The molecule has 1 heterocycles. The van der Waals surface area contributed by atoms with E-state index in [4.69, 9.17) is 5.11 Å². The van der Waals surface area contributed by atoms with Crippen molar-refractivity contribution in [2.45, 2.75) is 25.2 Å². The molecule has 0 amide bonds. The number of carboxylic acid groups (broad SMARTS) is 1. The molecule has 20 heavy (non-hydrogen) atoms. The number of carboxylic acids is 1. The average molecular weight is 271 g/mol. The van der Waals surface area contributed by atoms with E-state index in [2.05, 4.69) is 17.1 Å². The van der Waals surface area contributed by atoms with Gasteiger partial charge in [-0.15, -0.1) is 10.2 Å². The van der Waals surface area contributed by atoms with Gasteiger partial charge in [-0.25, -0.2) is 4.79 Å². The normalized spacial score (nSPS) is 25.2. The van der Waals surface area contributed by atoms with E-state index < -0.39 is 5.97 Å². The lowest BCUT2D eigenvalue weighted by Gasteiger charge is -2.46. The fourth-order valence-corrected chi connectivity index (χ4v) is 3.34. The second-order valence-electron chi connectivity index (χ2n) is 5.75. The van der Waals surface area contributed by atoms with E-state index in [9.17, 15) is 4.79 Å². The lowest BCUT2D eigenvalue weighted by Crippen LogP contribution is -2.43. The fourth-order valence-electron chi connectivity index (χ4n) is 3.34. The van der Waals surface area contributed by atoms with Gasteiger partial charge < -0.3 is 9.67 Å². The van der Waals surface area contributed by atoms with E-state index in [1.165, 1.54) is 0 Å². The maximum Gasteiger partial charge on any atom is 0.335 e. The third-order valence-electron chi connectivity index (χ3n) is 4.20. The number of hydrogen-bond donors (Lipinski definition) is 1. The highest BCUT2D eigenvalue weighted by molar-refractivity contribution is 5.87. The SMILES string of the molecule is CC1CC(c2cccc(C(=O)O)c2)(c2nncn2C)C1. The van der Waals surface area contributed by atoms with Gasteiger partial charge in [-0.3, -0.25) is 0 Å². The maximum absolute atomic E-state index is 11.2. The Bertz CT molecular complexity index is 657. The second kappa shape index (κ2) is 4.44. The summed E-state index contributed by atoms with van der Waals surface area (Å²) in [6.07, 6.45) is 3.65. The molecule has 1 aliphatic rings. The summed E-state index contributed by atoms with van der Waals surface area (Å²) in [4.78, 5) is 11.2. The highest BCUT2D eigenvalue weighted by Gasteiger charge is 2.48. The highest BCUT2D eigenvalue weighted by Crippen LogP contribution is 2.51. The lowest BCUT2D eigenvalue weighted by molar-refractivity contribution is 0.0696. The van der Waals surface area contributed by atoms with Crippen LogP contribution < -0.4 is 0 Å². The summed E-state index contributed by atoms with van der Waals surface area (Å²) in [6.45, 7) is 2.20. The van der Waals surface area contributed by atoms with E-state index in [-0.39, 0.29) is 5.41 Å². The van der Waals surface area contributed by atoms with Crippen LogP contribution in [0, 0.1) is 5.92 Å². The van der Waals surface area contributed by atoms with Gasteiger partial charge in [0, 0.05) is 7.05 Å². The van der Waals surface area contributed by atoms with Crippen LogP contribution in [-0.4, -0.2) is 25.8 Å². The largest absolute Gasteiger partial charge is 0.478 e. The number of hydrogen-bond acceptors (Lipinski definition) is 3. The molecule has 1 aliphatic carbocycles. The molecule has 0 unspecified atom stereocenters. The van der Waals surface area contributed by atoms with Crippen LogP contribution in [0.1, 0.15) is 41.5 Å². The molecule has 1 aromatic carbocycles. The summed E-state index contributed by atoms with van der Waals surface area (Å²) >= 11 is 0. The van der Waals surface area contributed by atoms with E-state index in [1.807, 2.05) is 17.7 Å². The van der Waals surface area contributed by atoms with Crippen molar-refractivity contribution in [2.24, 2.45) is 13.0 Å². The predicted molar refractivity (Wildman–Crippen MR) is 73.6 cm³/mol. The molecule has 1 fully saturated rings. The van der Waals surface area contributed by atoms with Gasteiger partial charge in [0.25, 0.3) is 0 Å². The number of aromatic nitrogens is 3. The standard InChI is InChI=1S/C15H17N3O2/c1-10-7-15(8-10,14-17-16-9-18(14)2)12-5-3-4-11(6-12)13(19)20/h3-6,9-10H,7-8H2,1-2H3,(H,19,20). The summed E-state index contributed by atoms with van der Waals surface area (Å²) in [7, 11) is 1.93. The monoisotopic (exact) mass is 271 g/mol. The smallest absolute Gasteiger partial charge is 0.335 e. The zero-order chi connectivity index (χ0) is 14.3. The van der Waals surface area contributed by atoms with Crippen molar-refractivity contribution < 1.29 is 9.90 Å². The van der Waals surface area contributed by atoms with Crippen molar-refractivity contribution in [1.29, 1.82) is 0 Å². The molecule has 1 aromatic heterocycles. The van der Waals surface area contributed by atoms with Gasteiger partial charge in [-0.05, 0) is 36.5 Å². The predicted octanol–water partition coefficient (Wildman–Crippen LogP) is 2.23. The fraction of sp³-hybridized carbons (Fsp3) is 0.400. The Balaban J connectivity index is 2.10. The molecule has 2 aromatic rings. The first-order chi connectivity index (χ1) is 9.53. The van der Waals surface area contributed by atoms with Gasteiger partial charge in [-0.2, -0.15) is 0 Å². The van der Waals surface area contributed by atoms with Crippen molar-refractivity contribution in [3.05, 3.63) is 47.5 Å². The zero-order valence-electron chi connectivity index (χ0n) is 11.6. The Morgan fingerprint density at radius 3 is 2.75 bits per heavy atom. The van der Waals surface area contributed by atoms with Crippen molar-refractivity contribution in [2.75, 3.05) is 0 Å². The van der Waals surface area contributed by atoms with Crippen LogP contribution in [0.4, 0.5) is 0 Å². The Labute approximate surface area is 117 Å². The molecule has 0 atom stereocenters. The quantitative estimate of drug-likeness (QED) is 0.929. The molecular weight excluding hydrogens is 254 g/mol. The van der Waals surface area contributed by atoms with Crippen LogP contribution in [0.2, 0.25) is 0 Å². The van der Waals surface area contributed by atoms with E-state index in [0.717, 1.165) is 24.2 Å². The molecular formula is C15H17N3O2. The van der Waals surface area contributed by atoms with Crippen LogP contribution in [0.5, 0.6) is 0 Å². The third kappa shape index (κ3) is 1.81. The molecule has 0 bridgehead atoms. The minimum atomic E-state index is -0.896. The molecule has 1 saturated carbocycles. The summed E-state index contributed by atoms with van der Waals surface area (Å²) in [5.74, 6) is 0.630. The summed E-state index contributed by atoms with van der Waals surface area (Å²) in [5, 5.41) is 17.4. The maximum atomic E-state index is 11.2. The van der Waals surface area contributed by atoms with Crippen molar-refractivity contribution >= 4 is 5.97 Å². The minimum Gasteiger partial charge on any atom is -0.478 e. The van der Waals surface area contributed by atoms with Gasteiger partial charge in [0.1, 0.15) is 12.2 Å². The van der Waals surface area contributed by atoms with Gasteiger partial charge in [0.05, 0.1) is 11.0 Å². The van der Waals surface area contributed by atoms with Crippen LogP contribution in [-0.2, 0) is 12.5 Å². The molecule has 5 heteroatoms. The summed E-state index contributed by atoms with van der Waals surface area (Å²) in [5.41, 5.74) is 1.14. The van der Waals surface area contributed by atoms with Crippen LogP contribution in [0.25, 0.3) is 0 Å². The molecule has 1 N–H and O–H groups in total. The average Bonchev–Trinajstić information content (AvgIpc) is 2.81. The molecule has 3 rings (SSSR count). The number of aromatic carboxylic acids is 1. The molecule has 0 saturated heterocycles. The Hall–Kier alpha value is -2.17. The molecule has 5 nitrogen and oxygen atoms in total. The van der Waals surface area contributed by atoms with E-state index in [1.54, 1.807) is 24.5 Å². The Morgan fingerprint density at radius 1 is 1.45 bits per heavy atom. The van der Waals surface area contributed by atoms with Crippen molar-refractivity contribution in [3.8, 4) is 0 Å². The van der Waals surface area contributed by atoms with Gasteiger partial charge in [-0.1, -0.05) is 19.1 Å². The number of carbonyl (C=O) groups is 1. The number of aryl methyl sites for hydroxylation is 1. The molecule has 0 aliphatic heterocycles. The number of nitrogens with zero attached hydrogens (tertiary/aromatic N) is 3. The third-order valence-corrected chi connectivity index (χ3v) is 4.20. The molecule has 104 valence electrons. The van der Waals surface area contributed by atoms with Crippen molar-refractivity contribution in [1.82, 2.24) is 14.8 Å². The molecule has 0 spiro atoms. The molecule has 0 radical (unpaired) electrons. The van der Waals surface area contributed by atoms with Gasteiger partial charge >= 0.3 is 5.97 Å². The topological polar surface area (TPSA) is 68.0 Å². The highest BCUT2D eigenvalue weighted by atomic mass is 16.4. The minimum absolute atomic E-state index is 0.198. The van der Waals surface area contributed by atoms with Crippen LogP contribution >= 0.6 is 0 Å². The zero-order valence-corrected chi connectivity index (χ0v) is 11.6.